The Hall–Kier alpha value is -1.01. The van der Waals surface area contributed by atoms with E-state index in [1.54, 1.807) is 0 Å². The van der Waals surface area contributed by atoms with E-state index < -0.39 is 86.8 Å². The number of ether oxygens (including phenoxy) is 4. The minimum atomic E-state index is -1.78. The van der Waals surface area contributed by atoms with Gasteiger partial charge in [0.05, 0.1) is 32.0 Å². The molecule has 368 valence electrons. The SMILES string of the molecule is CCCCCCCCCCCCCCCCC(=O)NC(COC1OC(CO)C(OC2OC(CO)C(O)C(O)C2O)C(O)C1O)C(O)CCCCCCCCCCCCCCCC. The second-order valence-electron chi connectivity index (χ2n) is 18.3. The van der Waals surface area contributed by atoms with Crippen molar-refractivity contribution in [3.63, 3.8) is 0 Å². The lowest BCUT2D eigenvalue weighted by molar-refractivity contribution is -0.359. The molecular weight excluding hydrogens is 799 g/mol. The van der Waals surface area contributed by atoms with Crippen LogP contribution in [0.25, 0.3) is 0 Å². The Labute approximate surface area is 374 Å². The Morgan fingerprint density at radius 1 is 0.516 bits per heavy atom. The molecule has 14 nitrogen and oxygen atoms in total. The number of unbranched alkanes of at least 4 members (excludes halogenated alkanes) is 26. The molecule has 2 aliphatic rings. The molecule has 1 amide bonds. The van der Waals surface area contributed by atoms with Crippen molar-refractivity contribution in [3.05, 3.63) is 0 Å². The van der Waals surface area contributed by atoms with Crippen LogP contribution in [-0.4, -0.2) is 140 Å². The van der Waals surface area contributed by atoms with Gasteiger partial charge in [0.25, 0.3) is 0 Å². The smallest absolute Gasteiger partial charge is 0.220 e. The average Bonchev–Trinajstić information content (AvgIpc) is 3.27. The van der Waals surface area contributed by atoms with E-state index in [0.29, 0.717) is 12.8 Å². The summed E-state index contributed by atoms with van der Waals surface area (Å²) in [6.45, 7) is 2.85. The van der Waals surface area contributed by atoms with Gasteiger partial charge in [-0.25, -0.2) is 0 Å². The van der Waals surface area contributed by atoms with Crippen molar-refractivity contribution in [1.29, 1.82) is 0 Å². The van der Waals surface area contributed by atoms with Crippen molar-refractivity contribution in [2.45, 2.75) is 280 Å². The summed E-state index contributed by atoms with van der Waals surface area (Å²) in [6.07, 6.45) is 18.1. The van der Waals surface area contributed by atoms with Gasteiger partial charge in [-0.05, 0) is 12.8 Å². The predicted octanol–water partition coefficient (Wildman–Crippen LogP) is 6.22. The van der Waals surface area contributed by atoms with Crippen LogP contribution < -0.4 is 5.32 Å². The van der Waals surface area contributed by atoms with Gasteiger partial charge in [0.15, 0.2) is 12.6 Å². The lowest BCUT2D eigenvalue weighted by atomic mass is 9.97. The monoisotopic (exact) mass is 892 g/mol. The van der Waals surface area contributed by atoms with E-state index in [9.17, 15) is 45.6 Å². The molecule has 12 atom stereocenters. The van der Waals surface area contributed by atoms with E-state index in [-0.39, 0.29) is 12.5 Å². The van der Waals surface area contributed by atoms with Gasteiger partial charge >= 0.3 is 0 Å². The quantitative estimate of drug-likeness (QED) is 0.0313. The van der Waals surface area contributed by atoms with Gasteiger partial charge in [-0.15, -0.1) is 0 Å². The highest BCUT2D eigenvalue weighted by Gasteiger charge is 2.51. The Morgan fingerprint density at radius 2 is 0.919 bits per heavy atom. The molecule has 2 saturated heterocycles. The number of amides is 1. The summed E-state index contributed by atoms with van der Waals surface area (Å²) < 4.78 is 22.7. The van der Waals surface area contributed by atoms with Crippen molar-refractivity contribution in [1.82, 2.24) is 5.32 Å². The maximum absolute atomic E-state index is 13.2. The fourth-order valence-electron chi connectivity index (χ4n) is 8.65. The molecule has 62 heavy (non-hydrogen) atoms. The van der Waals surface area contributed by atoms with Crippen molar-refractivity contribution in [3.8, 4) is 0 Å². The second kappa shape index (κ2) is 36.2. The van der Waals surface area contributed by atoms with Gasteiger partial charge in [-0.1, -0.05) is 187 Å². The molecule has 2 aliphatic heterocycles. The molecule has 0 aliphatic carbocycles. The van der Waals surface area contributed by atoms with Crippen molar-refractivity contribution < 1.29 is 64.6 Å². The summed E-state index contributed by atoms with van der Waals surface area (Å²) in [5, 5.41) is 86.8. The molecule has 0 bridgehead atoms. The molecule has 0 aromatic carbocycles. The van der Waals surface area contributed by atoms with Crippen molar-refractivity contribution in [2.24, 2.45) is 0 Å². The average molecular weight is 892 g/mol. The molecule has 12 unspecified atom stereocenters. The van der Waals surface area contributed by atoms with Crippen LogP contribution in [-0.2, 0) is 23.7 Å². The summed E-state index contributed by atoms with van der Waals surface area (Å²) in [5.41, 5.74) is 0. The van der Waals surface area contributed by atoms with E-state index in [2.05, 4.69) is 19.2 Å². The number of carbonyl (C=O) groups is 1. The zero-order valence-electron chi connectivity index (χ0n) is 38.9. The number of nitrogens with one attached hydrogen (secondary N) is 1. The molecule has 2 heterocycles. The highest BCUT2D eigenvalue weighted by atomic mass is 16.7. The third kappa shape index (κ3) is 23.4. The summed E-state index contributed by atoms with van der Waals surface area (Å²) in [7, 11) is 0. The second-order valence-corrected chi connectivity index (χ2v) is 18.3. The fourth-order valence-corrected chi connectivity index (χ4v) is 8.65. The molecule has 14 heteroatoms. The van der Waals surface area contributed by atoms with E-state index in [0.717, 1.165) is 51.4 Å². The fraction of sp³-hybridized carbons (Fsp3) is 0.979. The molecule has 0 aromatic rings. The standard InChI is InChI=1S/C48H93NO13/c1-3-5-7-9-11-13-15-17-19-21-23-25-27-29-31-37(52)36(49-40(53)32-30-28-26-24-22-20-18-16-14-12-10-8-6-4-2)35-59-47-45(58)43(56)46(39(34-51)61-47)62-48-44(57)42(55)41(54)38(33-50)60-48/h36-39,41-48,50-52,54-58H,3-35H2,1-2H3,(H,49,53). The molecule has 9 N–H and O–H groups in total. The van der Waals surface area contributed by atoms with E-state index in [4.69, 9.17) is 18.9 Å². The number of hydrogen-bond donors (Lipinski definition) is 9. The van der Waals surface area contributed by atoms with Crippen LogP contribution >= 0.6 is 0 Å². The number of rotatable bonds is 39. The first-order chi connectivity index (χ1) is 30.1. The third-order valence-electron chi connectivity index (χ3n) is 12.8. The number of aliphatic hydroxyl groups excluding tert-OH is 8. The van der Waals surface area contributed by atoms with E-state index >= 15 is 0 Å². The normalized spacial score (nSPS) is 27.6. The topological polar surface area (TPSA) is 228 Å². The van der Waals surface area contributed by atoms with Crippen LogP contribution in [0.2, 0.25) is 0 Å². The first-order valence-corrected chi connectivity index (χ1v) is 25.3. The number of hydrogen-bond acceptors (Lipinski definition) is 13. The van der Waals surface area contributed by atoms with Gasteiger partial charge < -0.3 is 65.1 Å². The van der Waals surface area contributed by atoms with Crippen LogP contribution in [0.3, 0.4) is 0 Å². The van der Waals surface area contributed by atoms with Gasteiger partial charge in [-0.2, -0.15) is 0 Å². The maximum atomic E-state index is 13.2. The predicted molar refractivity (Wildman–Crippen MR) is 240 cm³/mol. The molecule has 0 spiro atoms. The number of carbonyl (C=O) groups excluding carboxylic acids is 1. The highest BCUT2D eigenvalue weighted by Crippen LogP contribution is 2.30. The van der Waals surface area contributed by atoms with Crippen molar-refractivity contribution >= 4 is 5.91 Å². The zero-order valence-corrected chi connectivity index (χ0v) is 38.9. The van der Waals surface area contributed by atoms with Gasteiger partial charge in [0, 0.05) is 6.42 Å². The van der Waals surface area contributed by atoms with Crippen LogP contribution in [0.5, 0.6) is 0 Å². The third-order valence-corrected chi connectivity index (χ3v) is 12.8. The Balaban J connectivity index is 1.84. The minimum Gasteiger partial charge on any atom is -0.394 e. The molecular formula is C48H93NO13. The number of aliphatic hydroxyl groups is 8. The zero-order chi connectivity index (χ0) is 45.4. The first kappa shape index (κ1) is 57.1. The van der Waals surface area contributed by atoms with Crippen LogP contribution in [0.4, 0.5) is 0 Å². The van der Waals surface area contributed by atoms with Crippen molar-refractivity contribution in [2.75, 3.05) is 19.8 Å². The van der Waals surface area contributed by atoms with Gasteiger partial charge in [0.1, 0.15) is 48.8 Å². The molecule has 0 radical (unpaired) electrons. The molecule has 0 saturated carbocycles. The first-order valence-electron chi connectivity index (χ1n) is 25.3. The van der Waals surface area contributed by atoms with E-state index in [1.807, 2.05) is 0 Å². The molecule has 2 rings (SSSR count). The van der Waals surface area contributed by atoms with Crippen LogP contribution in [0.1, 0.15) is 206 Å². The van der Waals surface area contributed by atoms with Crippen LogP contribution in [0, 0.1) is 0 Å². The largest absolute Gasteiger partial charge is 0.394 e. The Bertz CT molecular complexity index is 1060. The highest BCUT2D eigenvalue weighted by molar-refractivity contribution is 5.76. The Kier molecular flexibility index (Phi) is 33.3. The van der Waals surface area contributed by atoms with Gasteiger partial charge in [0.2, 0.25) is 5.91 Å². The van der Waals surface area contributed by atoms with Gasteiger partial charge in [-0.3, -0.25) is 4.79 Å². The van der Waals surface area contributed by atoms with Crippen LogP contribution in [0.15, 0.2) is 0 Å². The lowest BCUT2D eigenvalue weighted by Crippen LogP contribution is -2.65. The summed E-state index contributed by atoms with van der Waals surface area (Å²) in [5.74, 6) is -0.205. The lowest BCUT2D eigenvalue weighted by Gasteiger charge is -2.46. The summed E-state index contributed by atoms with van der Waals surface area (Å²) in [4.78, 5) is 13.2. The summed E-state index contributed by atoms with van der Waals surface area (Å²) in [6, 6.07) is -0.820. The Morgan fingerprint density at radius 3 is 1.37 bits per heavy atom. The molecule has 2 fully saturated rings. The maximum Gasteiger partial charge on any atom is 0.220 e. The minimum absolute atomic E-state index is 0.205. The molecule has 0 aromatic heterocycles. The summed E-state index contributed by atoms with van der Waals surface area (Å²) >= 11 is 0. The van der Waals surface area contributed by atoms with E-state index in [1.165, 1.54) is 128 Å².